The summed E-state index contributed by atoms with van der Waals surface area (Å²) in [7, 11) is 0. The van der Waals surface area contributed by atoms with Crippen LogP contribution in [-0.2, 0) is 11.8 Å². The molecular formula is C15H18OS. The molecule has 1 aromatic heterocycles. The Kier molecular flexibility index (Phi) is 2.51. The minimum Gasteiger partial charge on any atom is -0.469 e. The topological polar surface area (TPSA) is 13.1 Å². The molecule has 0 spiro atoms. The van der Waals surface area contributed by atoms with Gasteiger partial charge in [0.1, 0.15) is 5.76 Å². The zero-order valence-corrected chi connectivity index (χ0v) is 11.2. The Balaban J connectivity index is 2.05. The number of thiocarbonyl (C=S) groups is 1. The van der Waals surface area contributed by atoms with E-state index in [9.17, 15) is 0 Å². The molecule has 1 nitrogen and oxygen atoms in total. The first kappa shape index (κ1) is 11.2. The van der Waals surface area contributed by atoms with Gasteiger partial charge in [-0.3, -0.25) is 0 Å². The summed E-state index contributed by atoms with van der Waals surface area (Å²) < 4.78 is 5.64. The molecule has 0 aromatic carbocycles. The highest BCUT2D eigenvalue weighted by Crippen LogP contribution is 2.49. The third-order valence-corrected chi connectivity index (χ3v) is 4.93. The van der Waals surface area contributed by atoms with Crippen molar-refractivity contribution in [3.05, 3.63) is 35.3 Å². The fourth-order valence-corrected chi connectivity index (χ4v) is 3.89. The number of furan rings is 1. The van der Waals surface area contributed by atoms with Gasteiger partial charge in [0.25, 0.3) is 0 Å². The highest BCUT2D eigenvalue weighted by atomic mass is 32.1. The molecule has 0 bridgehead atoms. The Morgan fingerprint density at radius 1 is 1.47 bits per heavy atom. The molecule has 3 rings (SSSR count). The van der Waals surface area contributed by atoms with Gasteiger partial charge in [0.2, 0.25) is 0 Å². The average Bonchev–Trinajstić information content (AvgIpc) is 2.77. The predicted octanol–water partition coefficient (Wildman–Crippen LogP) is 4.07. The molecule has 0 N–H and O–H groups in total. The van der Waals surface area contributed by atoms with E-state index >= 15 is 0 Å². The van der Waals surface area contributed by atoms with Crippen molar-refractivity contribution in [1.29, 1.82) is 0 Å². The lowest BCUT2D eigenvalue weighted by Crippen LogP contribution is -2.40. The maximum atomic E-state index is 5.64. The van der Waals surface area contributed by atoms with Crippen LogP contribution in [-0.4, -0.2) is 5.37 Å². The van der Waals surface area contributed by atoms with E-state index in [0.717, 1.165) is 18.8 Å². The average molecular weight is 246 g/mol. The van der Waals surface area contributed by atoms with Gasteiger partial charge < -0.3 is 4.42 Å². The summed E-state index contributed by atoms with van der Waals surface area (Å²) in [4.78, 5) is 0. The fraction of sp³-hybridized carbons (Fsp3) is 0.533. The van der Waals surface area contributed by atoms with Crippen molar-refractivity contribution in [3.8, 4) is 0 Å². The molecule has 2 heteroatoms. The van der Waals surface area contributed by atoms with E-state index in [1.54, 1.807) is 0 Å². The Hall–Kier alpha value is -0.890. The lowest BCUT2D eigenvalue weighted by atomic mass is 9.59. The SMILES string of the molecule is CC1(C)c2ccoc2C[C@@H]2C=C(C=S)CC[C@@H]21. The molecule has 0 saturated heterocycles. The van der Waals surface area contributed by atoms with Crippen LogP contribution in [0.15, 0.2) is 28.4 Å². The molecule has 0 radical (unpaired) electrons. The molecule has 0 aliphatic heterocycles. The highest BCUT2D eigenvalue weighted by molar-refractivity contribution is 7.79. The lowest BCUT2D eigenvalue weighted by molar-refractivity contribution is 0.189. The van der Waals surface area contributed by atoms with Crippen molar-refractivity contribution in [3.63, 3.8) is 0 Å². The zero-order chi connectivity index (χ0) is 12.0. The van der Waals surface area contributed by atoms with E-state index in [4.69, 9.17) is 16.6 Å². The summed E-state index contributed by atoms with van der Waals surface area (Å²) in [5.41, 5.74) is 2.99. The second-order valence-corrected chi connectivity index (χ2v) is 6.09. The smallest absolute Gasteiger partial charge is 0.108 e. The van der Waals surface area contributed by atoms with E-state index in [1.807, 2.05) is 11.6 Å². The van der Waals surface area contributed by atoms with E-state index in [-0.39, 0.29) is 5.41 Å². The molecule has 2 aliphatic rings. The summed E-state index contributed by atoms with van der Waals surface area (Å²) in [5.74, 6) is 2.51. The molecule has 0 unspecified atom stereocenters. The largest absolute Gasteiger partial charge is 0.469 e. The van der Waals surface area contributed by atoms with E-state index in [2.05, 4.69) is 26.0 Å². The van der Waals surface area contributed by atoms with Crippen LogP contribution in [0.4, 0.5) is 0 Å². The van der Waals surface area contributed by atoms with Crippen LogP contribution in [0, 0.1) is 11.8 Å². The summed E-state index contributed by atoms with van der Waals surface area (Å²) in [6.07, 6.45) is 7.66. The molecule has 0 amide bonds. The first-order chi connectivity index (χ1) is 8.13. The molecule has 90 valence electrons. The number of allylic oxidation sites excluding steroid dienone is 2. The maximum absolute atomic E-state index is 5.64. The van der Waals surface area contributed by atoms with Gasteiger partial charge in [-0.2, -0.15) is 0 Å². The van der Waals surface area contributed by atoms with E-state index < -0.39 is 0 Å². The van der Waals surface area contributed by atoms with Gasteiger partial charge in [-0.25, -0.2) is 0 Å². The molecule has 17 heavy (non-hydrogen) atoms. The Morgan fingerprint density at radius 3 is 3.06 bits per heavy atom. The normalized spacial score (nSPS) is 30.1. The van der Waals surface area contributed by atoms with Gasteiger partial charge in [0.15, 0.2) is 0 Å². The van der Waals surface area contributed by atoms with Crippen LogP contribution in [0.3, 0.4) is 0 Å². The molecule has 0 saturated carbocycles. The molecule has 2 aliphatic carbocycles. The monoisotopic (exact) mass is 246 g/mol. The summed E-state index contributed by atoms with van der Waals surface area (Å²) >= 11 is 5.07. The van der Waals surface area contributed by atoms with Gasteiger partial charge in [0.05, 0.1) is 6.26 Å². The van der Waals surface area contributed by atoms with Crippen LogP contribution < -0.4 is 0 Å². The number of rotatable bonds is 1. The molecule has 0 fully saturated rings. The third-order valence-electron chi connectivity index (χ3n) is 4.63. The van der Waals surface area contributed by atoms with Gasteiger partial charge in [0, 0.05) is 11.8 Å². The Morgan fingerprint density at radius 2 is 2.29 bits per heavy atom. The molecule has 2 atom stereocenters. The number of hydrogen-bond acceptors (Lipinski definition) is 2. The quantitative estimate of drug-likeness (QED) is 0.693. The van der Waals surface area contributed by atoms with Crippen molar-refractivity contribution in [2.45, 2.75) is 38.5 Å². The second-order valence-electron chi connectivity index (χ2n) is 5.85. The molecule has 1 aromatic rings. The molecular weight excluding hydrogens is 228 g/mol. The van der Waals surface area contributed by atoms with Crippen LogP contribution >= 0.6 is 12.2 Å². The fourth-order valence-electron chi connectivity index (χ4n) is 3.69. The summed E-state index contributed by atoms with van der Waals surface area (Å²) in [6, 6.07) is 2.16. The van der Waals surface area contributed by atoms with Gasteiger partial charge >= 0.3 is 0 Å². The number of hydrogen-bond donors (Lipinski definition) is 0. The van der Waals surface area contributed by atoms with Crippen molar-refractivity contribution in [2.75, 3.05) is 0 Å². The lowest BCUT2D eigenvalue weighted by Gasteiger charge is -2.44. The van der Waals surface area contributed by atoms with Crippen molar-refractivity contribution in [2.24, 2.45) is 11.8 Å². The van der Waals surface area contributed by atoms with Gasteiger partial charge in [-0.05, 0) is 47.3 Å². The summed E-state index contributed by atoms with van der Waals surface area (Å²) in [5, 5.41) is 1.85. The zero-order valence-electron chi connectivity index (χ0n) is 10.4. The molecule has 1 heterocycles. The number of fused-ring (bicyclic) bond motifs is 2. The third kappa shape index (κ3) is 1.61. The van der Waals surface area contributed by atoms with E-state index in [1.165, 1.54) is 23.3 Å². The van der Waals surface area contributed by atoms with Crippen LogP contribution in [0.25, 0.3) is 0 Å². The highest BCUT2D eigenvalue weighted by Gasteiger charge is 2.44. The van der Waals surface area contributed by atoms with Crippen molar-refractivity contribution in [1.82, 2.24) is 0 Å². The maximum Gasteiger partial charge on any atom is 0.108 e. The minimum atomic E-state index is 0.231. The van der Waals surface area contributed by atoms with Crippen LogP contribution in [0.1, 0.15) is 38.0 Å². The van der Waals surface area contributed by atoms with Crippen LogP contribution in [0.2, 0.25) is 0 Å². The Labute approximate surface area is 108 Å². The minimum absolute atomic E-state index is 0.231. The van der Waals surface area contributed by atoms with E-state index in [0.29, 0.717) is 5.92 Å². The van der Waals surface area contributed by atoms with Crippen LogP contribution in [0.5, 0.6) is 0 Å². The standard InChI is InChI=1S/C15H18OS/c1-15(2)12-4-3-10(9-17)7-11(12)8-14-13(15)5-6-16-14/h5-7,9,11-12H,3-4,8H2,1-2H3/t11-,12-/m0/s1. The van der Waals surface area contributed by atoms with Gasteiger partial charge in [-0.1, -0.05) is 32.1 Å². The Bertz CT molecular complexity index is 481. The second kappa shape index (κ2) is 3.81. The van der Waals surface area contributed by atoms with Crippen molar-refractivity contribution >= 4 is 17.6 Å². The van der Waals surface area contributed by atoms with Gasteiger partial charge in [-0.15, -0.1) is 0 Å². The summed E-state index contributed by atoms with van der Waals surface area (Å²) in [6.45, 7) is 4.71. The first-order valence-electron chi connectivity index (χ1n) is 6.35. The first-order valence-corrected chi connectivity index (χ1v) is 6.83. The van der Waals surface area contributed by atoms with Crippen molar-refractivity contribution < 1.29 is 4.42 Å². The predicted molar refractivity (Wildman–Crippen MR) is 73.4 cm³/mol.